The van der Waals surface area contributed by atoms with Gasteiger partial charge in [-0.1, -0.05) is 27.5 Å². The Bertz CT molecular complexity index is 828. The molecule has 0 unspecified atom stereocenters. The normalized spacial score (nSPS) is 10.8. The van der Waals surface area contributed by atoms with E-state index in [-0.39, 0.29) is 5.56 Å². The van der Waals surface area contributed by atoms with Gasteiger partial charge in [0.15, 0.2) is 0 Å². The van der Waals surface area contributed by atoms with Crippen LogP contribution in [0.5, 0.6) is 0 Å². The molecule has 0 aliphatic heterocycles. The Morgan fingerprint density at radius 1 is 1.24 bits per heavy atom. The van der Waals surface area contributed by atoms with Crippen molar-refractivity contribution in [1.82, 2.24) is 4.98 Å². The summed E-state index contributed by atoms with van der Waals surface area (Å²) in [6, 6.07) is 7.18. The summed E-state index contributed by atoms with van der Waals surface area (Å²) in [4.78, 5) is 16.3. The minimum Gasteiger partial charge on any atom is -0.478 e. The van der Waals surface area contributed by atoms with Crippen LogP contribution in [-0.2, 0) is 0 Å². The van der Waals surface area contributed by atoms with Crippen LogP contribution in [0.2, 0.25) is 5.02 Å². The Kier molecular flexibility index (Phi) is 4.12. The topological polar surface area (TPSA) is 50.2 Å². The van der Waals surface area contributed by atoms with E-state index in [0.29, 0.717) is 5.02 Å². The van der Waals surface area contributed by atoms with Gasteiger partial charge in [-0.2, -0.15) is 0 Å². The van der Waals surface area contributed by atoms with Crippen LogP contribution >= 0.6 is 50.2 Å². The number of thiazole rings is 1. The standard InChI is InChI=1S/C14H7BrClNO2S2/c15-10-2-1-8(16)4-9(10)13-17-11(6-21-13)12-3-7(5-20-12)14(18)19/h1-6H,(H,18,19). The van der Waals surface area contributed by atoms with Gasteiger partial charge >= 0.3 is 5.97 Å². The maximum atomic E-state index is 10.9. The summed E-state index contributed by atoms with van der Waals surface area (Å²) < 4.78 is 0.921. The van der Waals surface area contributed by atoms with Crippen molar-refractivity contribution < 1.29 is 9.90 Å². The fourth-order valence-electron chi connectivity index (χ4n) is 1.75. The van der Waals surface area contributed by atoms with E-state index in [2.05, 4.69) is 20.9 Å². The zero-order valence-corrected chi connectivity index (χ0v) is 14.3. The molecule has 0 fully saturated rings. The number of thiophene rings is 1. The molecule has 3 rings (SSSR count). The van der Waals surface area contributed by atoms with Gasteiger partial charge in [-0.3, -0.25) is 0 Å². The van der Waals surface area contributed by atoms with Crippen molar-refractivity contribution in [2.45, 2.75) is 0 Å². The predicted octanol–water partition coefficient (Wildman–Crippen LogP) is 5.65. The van der Waals surface area contributed by atoms with E-state index in [0.717, 1.165) is 25.6 Å². The van der Waals surface area contributed by atoms with E-state index in [9.17, 15) is 4.79 Å². The number of benzene rings is 1. The molecule has 0 atom stereocenters. The molecule has 0 aliphatic rings. The summed E-state index contributed by atoms with van der Waals surface area (Å²) in [5, 5.41) is 14.0. The molecule has 1 aromatic carbocycles. The number of aromatic nitrogens is 1. The number of carboxylic acids is 1. The van der Waals surface area contributed by atoms with E-state index in [1.54, 1.807) is 11.4 Å². The minimum absolute atomic E-state index is 0.286. The Balaban J connectivity index is 1.99. The van der Waals surface area contributed by atoms with Crippen molar-refractivity contribution >= 4 is 56.2 Å². The number of rotatable bonds is 3. The molecule has 0 bridgehead atoms. The van der Waals surface area contributed by atoms with Crippen molar-refractivity contribution in [3.63, 3.8) is 0 Å². The summed E-state index contributed by atoms with van der Waals surface area (Å²) >= 11 is 12.4. The maximum absolute atomic E-state index is 10.9. The van der Waals surface area contributed by atoms with Crippen LogP contribution in [-0.4, -0.2) is 16.1 Å². The van der Waals surface area contributed by atoms with Gasteiger partial charge in [0.2, 0.25) is 0 Å². The molecule has 21 heavy (non-hydrogen) atoms. The monoisotopic (exact) mass is 399 g/mol. The van der Waals surface area contributed by atoms with E-state index < -0.39 is 5.97 Å². The van der Waals surface area contributed by atoms with Crippen LogP contribution in [0.4, 0.5) is 0 Å². The third-order valence-electron chi connectivity index (χ3n) is 2.76. The van der Waals surface area contributed by atoms with E-state index in [1.165, 1.54) is 22.7 Å². The lowest BCUT2D eigenvalue weighted by molar-refractivity contribution is 0.0697. The second-order valence-electron chi connectivity index (χ2n) is 4.17. The Morgan fingerprint density at radius 2 is 2.05 bits per heavy atom. The van der Waals surface area contributed by atoms with Crippen molar-refractivity contribution in [2.75, 3.05) is 0 Å². The number of hydrogen-bond acceptors (Lipinski definition) is 4. The van der Waals surface area contributed by atoms with Crippen LogP contribution in [0.15, 0.2) is 39.5 Å². The quantitative estimate of drug-likeness (QED) is 0.618. The van der Waals surface area contributed by atoms with E-state index in [4.69, 9.17) is 16.7 Å². The molecule has 0 saturated carbocycles. The zero-order valence-electron chi connectivity index (χ0n) is 10.3. The molecule has 3 nitrogen and oxygen atoms in total. The van der Waals surface area contributed by atoms with Crippen molar-refractivity contribution in [3.8, 4) is 21.1 Å². The van der Waals surface area contributed by atoms with Crippen molar-refractivity contribution in [1.29, 1.82) is 0 Å². The number of aromatic carboxylic acids is 1. The third-order valence-corrected chi connectivity index (χ3v) is 5.52. The average molecular weight is 401 g/mol. The summed E-state index contributed by atoms with van der Waals surface area (Å²) in [5.41, 5.74) is 1.99. The highest BCUT2D eigenvalue weighted by molar-refractivity contribution is 9.10. The SMILES string of the molecule is O=C(O)c1csc(-c2csc(-c3cc(Cl)ccc3Br)n2)c1. The molecule has 0 aliphatic carbocycles. The molecule has 0 amide bonds. The van der Waals surface area contributed by atoms with Crippen LogP contribution in [0.1, 0.15) is 10.4 Å². The molecule has 2 aromatic heterocycles. The number of halogens is 2. The summed E-state index contributed by atoms with van der Waals surface area (Å²) in [6.07, 6.45) is 0. The highest BCUT2D eigenvalue weighted by Crippen LogP contribution is 2.36. The van der Waals surface area contributed by atoms with E-state index >= 15 is 0 Å². The van der Waals surface area contributed by atoms with Crippen molar-refractivity contribution in [3.05, 3.63) is 50.1 Å². The van der Waals surface area contributed by atoms with Gasteiger partial charge in [0, 0.05) is 25.8 Å². The third kappa shape index (κ3) is 3.03. The van der Waals surface area contributed by atoms with Gasteiger partial charge in [0.1, 0.15) is 5.01 Å². The predicted molar refractivity (Wildman–Crippen MR) is 90.5 cm³/mol. The van der Waals surface area contributed by atoms with Gasteiger partial charge in [0.05, 0.1) is 16.1 Å². The molecule has 2 heterocycles. The molecule has 7 heteroatoms. The molecule has 3 aromatic rings. The van der Waals surface area contributed by atoms with Gasteiger partial charge in [-0.15, -0.1) is 22.7 Å². The lowest BCUT2D eigenvalue weighted by Crippen LogP contribution is -1.91. The molecule has 106 valence electrons. The number of hydrogen-bond donors (Lipinski definition) is 1. The van der Waals surface area contributed by atoms with Gasteiger partial charge in [0.25, 0.3) is 0 Å². The van der Waals surface area contributed by atoms with Crippen LogP contribution in [0.25, 0.3) is 21.1 Å². The minimum atomic E-state index is -0.925. The molecule has 0 spiro atoms. The highest BCUT2D eigenvalue weighted by Gasteiger charge is 2.13. The average Bonchev–Trinajstić information content (AvgIpc) is 3.09. The first-order valence-electron chi connectivity index (χ1n) is 5.78. The summed E-state index contributed by atoms with van der Waals surface area (Å²) in [6.45, 7) is 0. The van der Waals surface area contributed by atoms with E-state index in [1.807, 2.05) is 23.6 Å². The lowest BCUT2D eigenvalue weighted by Gasteiger charge is -2.00. The van der Waals surface area contributed by atoms with Crippen LogP contribution in [0.3, 0.4) is 0 Å². The maximum Gasteiger partial charge on any atom is 0.336 e. The molecular formula is C14H7BrClNO2S2. The Morgan fingerprint density at radius 3 is 2.76 bits per heavy atom. The highest BCUT2D eigenvalue weighted by atomic mass is 79.9. The zero-order chi connectivity index (χ0) is 15.0. The van der Waals surface area contributed by atoms with Crippen LogP contribution in [0, 0.1) is 0 Å². The number of nitrogens with zero attached hydrogens (tertiary/aromatic N) is 1. The smallest absolute Gasteiger partial charge is 0.336 e. The number of carboxylic acid groups (broad SMARTS) is 1. The molecule has 0 radical (unpaired) electrons. The Hall–Kier alpha value is -1.21. The number of carbonyl (C=O) groups is 1. The van der Waals surface area contributed by atoms with Gasteiger partial charge in [-0.25, -0.2) is 9.78 Å². The van der Waals surface area contributed by atoms with Crippen molar-refractivity contribution in [2.24, 2.45) is 0 Å². The lowest BCUT2D eigenvalue weighted by atomic mass is 10.2. The first-order valence-corrected chi connectivity index (χ1v) is 8.71. The first-order chi connectivity index (χ1) is 10.0. The summed E-state index contributed by atoms with van der Waals surface area (Å²) in [7, 11) is 0. The Labute approximate surface area is 142 Å². The second-order valence-corrected chi connectivity index (χ2v) is 7.23. The fourth-order valence-corrected chi connectivity index (χ4v) is 4.26. The largest absolute Gasteiger partial charge is 0.478 e. The molecular weight excluding hydrogens is 394 g/mol. The summed E-state index contributed by atoms with van der Waals surface area (Å²) in [5.74, 6) is -0.925. The van der Waals surface area contributed by atoms with Crippen LogP contribution < -0.4 is 0 Å². The van der Waals surface area contributed by atoms with Gasteiger partial charge in [-0.05, 0) is 24.3 Å². The van der Waals surface area contributed by atoms with Gasteiger partial charge < -0.3 is 5.11 Å². The second kappa shape index (κ2) is 5.88. The fraction of sp³-hybridized carbons (Fsp3) is 0. The molecule has 0 saturated heterocycles. The first kappa shape index (κ1) is 14.7. The molecule has 1 N–H and O–H groups in total.